The number of nitro groups is 1. The van der Waals surface area contributed by atoms with Gasteiger partial charge in [0.05, 0.1) is 27.0 Å². The number of rotatable bonds is 4. The second kappa shape index (κ2) is 7.96. The second-order valence-electron chi connectivity index (χ2n) is 8.70. The average molecular weight is 454 g/mol. The Morgan fingerprint density at radius 3 is 2.18 bits per heavy atom. The Balaban J connectivity index is 1.32. The van der Waals surface area contributed by atoms with E-state index < -0.39 is 4.92 Å². The zero-order chi connectivity index (χ0) is 23.2. The van der Waals surface area contributed by atoms with Gasteiger partial charge in [-0.1, -0.05) is 12.1 Å². The summed E-state index contributed by atoms with van der Waals surface area (Å²) in [5.41, 5.74) is 6.41. The van der Waals surface area contributed by atoms with E-state index in [2.05, 4.69) is 50.0 Å². The van der Waals surface area contributed by atoms with Crippen LogP contribution in [-0.4, -0.2) is 63.0 Å². The molecule has 9 heteroatoms. The van der Waals surface area contributed by atoms with Crippen LogP contribution in [0, 0.1) is 10.1 Å². The maximum absolute atomic E-state index is 11.1. The average Bonchev–Trinajstić information content (AvgIpc) is 3.48. The molecule has 34 heavy (non-hydrogen) atoms. The highest BCUT2D eigenvalue weighted by molar-refractivity contribution is 5.87. The Morgan fingerprint density at radius 2 is 1.47 bits per heavy atom. The molecule has 2 aromatic heterocycles. The van der Waals surface area contributed by atoms with Crippen LogP contribution < -0.4 is 4.90 Å². The van der Waals surface area contributed by atoms with E-state index in [1.54, 1.807) is 6.07 Å². The molecule has 2 N–H and O–H groups in total. The Morgan fingerprint density at radius 1 is 0.824 bits per heavy atom. The molecule has 3 heterocycles. The van der Waals surface area contributed by atoms with E-state index in [4.69, 9.17) is 4.98 Å². The van der Waals surface area contributed by atoms with Crippen LogP contribution in [0.1, 0.15) is 0 Å². The minimum absolute atomic E-state index is 0.0388. The summed E-state index contributed by atoms with van der Waals surface area (Å²) in [6.07, 6.45) is 0. The minimum Gasteiger partial charge on any atom is -0.369 e. The predicted octanol–water partition coefficient (Wildman–Crippen LogP) is 4.43. The number of aromatic nitrogens is 4. The van der Waals surface area contributed by atoms with Gasteiger partial charge in [0.2, 0.25) is 0 Å². The van der Waals surface area contributed by atoms with Crippen LogP contribution in [-0.2, 0) is 0 Å². The number of piperazine rings is 1. The van der Waals surface area contributed by atoms with Crippen LogP contribution in [0.15, 0.2) is 60.7 Å². The Bertz CT molecular complexity index is 1530. The highest BCUT2D eigenvalue weighted by Gasteiger charge is 2.16. The number of non-ortho nitro benzene ring substituents is 1. The van der Waals surface area contributed by atoms with Crippen molar-refractivity contribution in [2.24, 2.45) is 0 Å². The molecule has 0 aliphatic carbocycles. The van der Waals surface area contributed by atoms with E-state index in [1.165, 1.54) is 17.8 Å². The number of nitro benzene ring substituents is 1. The highest BCUT2D eigenvalue weighted by Crippen LogP contribution is 2.29. The van der Waals surface area contributed by atoms with Gasteiger partial charge in [-0.05, 0) is 43.4 Å². The van der Waals surface area contributed by atoms with E-state index in [9.17, 15) is 10.1 Å². The summed E-state index contributed by atoms with van der Waals surface area (Å²) >= 11 is 0. The third-order valence-corrected chi connectivity index (χ3v) is 6.42. The lowest BCUT2D eigenvalue weighted by Crippen LogP contribution is -2.44. The number of nitrogens with one attached hydrogen (secondary N) is 2. The van der Waals surface area contributed by atoms with E-state index in [0.717, 1.165) is 59.6 Å². The smallest absolute Gasteiger partial charge is 0.270 e. The fourth-order valence-electron chi connectivity index (χ4n) is 4.45. The summed E-state index contributed by atoms with van der Waals surface area (Å²) < 4.78 is 0. The maximum atomic E-state index is 11.1. The van der Waals surface area contributed by atoms with E-state index in [0.29, 0.717) is 11.4 Å². The SMILES string of the molecule is CN1CCN(c2ccc3[nH]c(-c4ccc5[nH]c(-c6cccc([N+](=O)[O-])c6)nc5c4)nc3c2)CC1. The van der Waals surface area contributed by atoms with E-state index in [-0.39, 0.29) is 5.69 Å². The van der Waals surface area contributed by atoms with Gasteiger partial charge in [-0.15, -0.1) is 0 Å². The highest BCUT2D eigenvalue weighted by atomic mass is 16.6. The summed E-state index contributed by atoms with van der Waals surface area (Å²) in [5, 5.41) is 11.1. The molecule has 1 aliphatic rings. The number of fused-ring (bicyclic) bond motifs is 2. The number of hydrogen-bond donors (Lipinski definition) is 2. The first kappa shape index (κ1) is 20.4. The van der Waals surface area contributed by atoms with Crippen molar-refractivity contribution in [2.45, 2.75) is 0 Å². The van der Waals surface area contributed by atoms with Crippen LogP contribution in [0.5, 0.6) is 0 Å². The lowest BCUT2D eigenvalue weighted by atomic mass is 10.2. The number of anilines is 1. The number of likely N-dealkylation sites (N-methyl/N-ethyl adjacent to an activating group) is 1. The molecular weight excluding hydrogens is 430 g/mol. The van der Waals surface area contributed by atoms with Crippen molar-refractivity contribution in [1.82, 2.24) is 24.8 Å². The summed E-state index contributed by atoms with van der Waals surface area (Å²) in [5.74, 6) is 1.38. The summed E-state index contributed by atoms with van der Waals surface area (Å²) in [6.45, 7) is 4.15. The van der Waals surface area contributed by atoms with Crippen LogP contribution in [0.25, 0.3) is 44.8 Å². The van der Waals surface area contributed by atoms with E-state index >= 15 is 0 Å². The third-order valence-electron chi connectivity index (χ3n) is 6.42. The fraction of sp³-hybridized carbons (Fsp3) is 0.200. The normalized spacial score (nSPS) is 14.8. The van der Waals surface area contributed by atoms with Crippen molar-refractivity contribution in [1.29, 1.82) is 0 Å². The van der Waals surface area contributed by atoms with Crippen LogP contribution in [0.4, 0.5) is 11.4 Å². The largest absolute Gasteiger partial charge is 0.369 e. The number of H-pyrrole nitrogens is 2. The van der Waals surface area contributed by atoms with Gasteiger partial charge in [-0.25, -0.2) is 9.97 Å². The Kier molecular flexibility index (Phi) is 4.77. The zero-order valence-corrected chi connectivity index (χ0v) is 18.7. The molecule has 0 radical (unpaired) electrons. The van der Waals surface area contributed by atoms with Crippen LogP contribution >= 0.6 is 0 Å². The summed E-state index contributed by atoms with van der Waals surface area (Å²) in [6, 6.07) is 18.8. The molecule has 3 aromatic carbocycles. The first-order chi connectivity index (χ1) is 16.5. The predicted molar refractivity (Wildman–Crippen MR) is 133 cm³/mol. The van der Waals surface area contributed by atoms with Crippen molar-refractivity contribution in [3.8, 4) is 22.8 Å². The fourth-order valence-corrected chi connectivity index (χ4v) is 4.45. The molecule has 5 aromatic rings. The molecule has 1 saturated heterocycles. The molecule has 0 bridgehead atoms. The molecule has 0 saturated carbocycles. The third kappa shape index (κ3) is 3.65. The van der Waals surface area contributed by atoms with Gasteiger partial charge in [-0.3, -0.25) is 10.1 Å². The summed E-state index contributed by atoms with van der Waals surface area (Å²) in [7, 11) is 2.16. The van der Waals surface area contributed by atoms with Crippen molar-refractivity contribution >= 4 is 33.4 Å². The second-order valence-corrected chi connectivity index (χ2v) is 8.70. The van der Waals surface area contributed by atoms with Crippen LogP contribution in [0.2, 0.25) is 0 Å². The van der Waals surface area contributed by atoms with Crippen molar-refractivity contribution in [3.63, 3.8) is 0 Å². The van der Waals surface area contributed by atoms with Crippen LogP contribution in [0.3, 0.4) is 0 Å². The van der Waals surface area contributed by atoms with Gasteiger partial charge in [0.1, 0.15) is 11.6 Å². The Hall–Kier alpha value is -4.24. The van der Waals surface area contributed by atoms with Gasteiger partial charge >= 0.3 is 0 Å². The van der Waals surface area contributed by atoms with Crippen molar-refractivity contribution < 1.29 is 4.92 Å². The molecule has 0 amide bonds. The van der Waals surface area contributed by atoms with Gasteiger partial charge in [0, 0.05) is 55.1 Å². The number of imidazole rings is 2. The Labute approximate surface area is 195 Å². The molecule has 1 aliphatic heterocycles. The molecule has 0 spiro atoms. The van der Waals surface area contributed by atoms with Gasteiger partial charge < -0.3 is 19.8 Å². The van der Waals surface area contributed by atoms with Gasteiger partial charge in [0.25, 0.3) is 5.69 Å². The first-order valence-corrected chi connectivity index (χ1v) is 11.2. The standard InChI is InChI=1S/C25H23N7O2/c1-30-9-11-31(12-10-30)18-6-8-21-23(15-18)29-25(27-21)17-5-7-20-22(14-17)28-24(26-20)16-3-2-4-19(13-16)32(33)34/h2-8,13-15H,9-12H2,1H3,(H,26,28)(H,27,29). The first-order valence-electron chi connectivity index (χ1n) is 11.2. The maximum Gasteiger partial charge on any atom is 0.270 e. The van der Waals surface area contributed by atoms with Gasteiger partial charge in [-0.2, -0.15) is 0 Å². The zero-order valence-electron chi connectivity index (χ0n) is 18.7. The molecule has 1 fully saturated rings. The molecule has 9 nitrogen and oxygen atoms in total. The van der Waals surface area contributed by atoms with Crippen molar-refractivity contribution in [3.05, 3.63) is 70.8 Å². The molecule has 0 unspecified atom stereocenters. The molecule has 0 atom stereocenters. The van der Waals surface area contributed by atoms with E-state index in [1.807, 2.05) is 24.3 Å². The number of hydrogen-bond acceptors (Lipinski definition) is 6. The van der Waals surface area contributed by atoms with Crippen molar-refractivity contribution in [2.75, 3.05) is 38.1 Å². The topological polar surface area (TPSA) is 107 Å². The number of aromatic amines is 2. The molecule has 6 rings (SSSR count). The van der Waals surface area contributed by atoms with Gasteiger partial charge in [0.15, 0.2) is 0 Å². The summed E-state index contributed by atoms with van der Waals surface area (Å²) in [4.78, 5) is 31.7. The monoisotopic (exact) mass is 453 g/mol. The number of nitrogens with zero attached hydrogens (tertiary/aromatic N) is 5. The minimum atomic E-state index is -0.402. The molecular formula is C25H23N7O2. The quantitative estimate of drug-likeness (QED) is 0.308. The lowest BCUT2D eigenvalue weighted by molar-refractivity contribution is -0.384. The lowest BCUT2D eigenvalue weighted by Gasteiger charge is -2.34. The molecule has 170 valence electrons. The number of benzene rings is 3.